The maximum absolute atomic E-state index is 12.3. The highest BCUT2D eigenvalue weighted by Gasteiger charge is 2.16. The molecule has 1 aromatic heterocycles. The summed E-state index contributed by atoms with van der Waals surface area (Å²) < 4.78 is 9.06. The molecule has 0 aliphatic carbocycles. The third kappa shape index (κ3) is 6.22. The summed E-state index contributed by atoms with van der Waals surface area (Å²) in [6, 6.07) is 7.98. The molecule has 0 saturated carbocycles. The summed E-state index contributed by atoms with van der Waals surface area (Å²) >= 11 is 0. The maximum Gasteiger partial charge on any atom is 0.345 e. The van der Waals surface area contributed by atoms with Crippen molar-refractivity contribution in [1.29, 1.82) is 0 Å². The van der Waals surface area contributed by atoms with Crippen LogP contribution in [0.4, 0.5) is 0 Å². The third-order valence-corrected chi connectivity index (χ3v) is 4.81. The molecule has 0 saturated heterocycles. The number of hydrogen-bond donors (Lipinski definition) is 2. The number of para-hydroxylation sites is 1. The van der Waals surface area contributed by atoms with Gasteiger partial charge in [-0.15, -0.1) is 24.0 Å². The van der Waals surface area contributed by atoms with E-state index in [0.717, 1.165) is 55.3 Å². The number of aryl methyl sites for hydroxylation is 2. The Morgan fingerprint density at radius 2 is 2.10 bits per heavy atom. The lowest BCUT2D eigenvalue weighted by Gasteiger charge is -2.14. The number of aliphatic imine (C=N–C) groups is 1. The highest BCUT2D eigenvalue weighted by molar-refractivity contribution is 14.0. The molecule has 0 amide bonds. The maximum atomic E-state index is 12.3. The SMILES string of the molecule is CCOc1ccccc1CNC(=NC)NCCCn1nc2n(c1=O)CCCC2.I. The van der Waals surface area contributed by atoms with E-state index in [0.29, 0.717) is 26.2 Å². The molecule has 8 nitrogen and oxygen atoms in total. The molecular weight excluding hydrogens is 483 g/mol. The molecule has 1 aliphatic rings. The van der Waals surface area contributed by atoms with Crippen molar-refractivity contribution < 1.29 is 4.74 Å². The zero-order valence-corrected chi connectivity index (χ0v) is 19.5. The van der Waals surface area contributed by atoms with Crippen LogP contribution in [0.2, 0.25) is 0 Å². The van der Waals surface area contributed by atoms with Gasteiger partial charge in [0.1, 0.15) is 11.6 Å². The van der Waals surface area contributed by atoms with Crippen molar-refractivity contribution in [3.8, 4) is 5.75 Å². The summed E-state index contributed by atoms with van der Waals surface area (Å²) in [5, 5.41) is 11.1. The Kier molecular flexibility index (Phi) is 9.49. The van der Waals surface area contributed by atoms with Crippen LogP contribution in [-0.2, 0) is 26.1 Å². The van der Waals surface area contributed by atoms with Crippen molar-refractivity contribution in [2.24, 2.45) is 4.99 Å². The zero-order valence-electron chi connectivity index (χ0n) is 17.2. The molecule has 2 aromatic rings. The van der Waals surface area contributed by atoms with E-state index in [-0.39, 0.29) is 29.7 Å². The van der Waals surface area contributed by atoms with Crippen LogP contribution < -0.4 is 21.1 Å². The highest BCUT2D eigenvalue weighted by Crippen LogP contribution is 2.17. The summed E-state index contributed by atoms with van der Waals surface area (Å²) in [5.41, 5.74) is 1.10. The Morgan fingerprint density at radius 3 is 2.86 bits per heavy atom. The van der Waals surface area contributed by atoms with Crippen molar-refractivity contribution in [3.63, 3.8) is 0 Å². The lowest BCUT2D eigenvalue weighted by Crippen LogP contribution is -2.38. The summed E-state index contributed by atoms with van der Waals surface area (Å²) in [7, 11) is 1.75. The fraction of sp³-hybridized carbons (Fsp3) is 0.550. The van der Waals surface area contributed by atoms with E-state index in [1.54, 1.807) is 11.7 Å². The number of hydrogen-bond acceptors (Lipinski definition) is 4. The number of fused-ring (bicyclic) bond motifs is 1. The number of ether oxygens (including phenoxy) is 1. The molecule has 0 fully saturated rings. The molecule has 1 aliphatic heterocycles. The van der Waals surface area contributed by atoms with Crippen LogP contribution in [0.1, 0.15) is 37.6 Å². The van der Waals surface area contributed by atoms with Gasteiger partial charge in [-0.05, 0) is 32.3 Å². The fourth-order valence-corrected chi connectivity index (χ4v) is 3.38. The minimum absolute atomic E-state index is 0. The molecule has 29 heavy (non-hydrogen) atoms. The summed E-state index contributed by atoms with van der Waals surface area (Å²) in [6.07, 6.45) is 3.88. The Labute approximate surface area is 188 Å². The predicted octanol–water partition coefficient (Wildman–Crippen LogP) is 2.15. The molecule has 160 valence electrons. The lowest BCUT2D eigenvalue weighted by molar-refractivity contribution is 0.336. The molecular formula is C20H31IN6O2. The van der Waals surface area contributed by atoms with Crippen molar-refractivity contribution in [1.82, 2.24) is 25.0 Å². The second kappa shape index (κ2) is 11.8. The minimum atomic E-state index is 0. The van der Waals surface area contributed by atoms with Gasteiger partial charge in [0.05, 0.1) is 6.61 Å². The van der Waals surface area contributed by atoms with Crippen LogP contribution >= 0.6 is 24.0 Å². The first-order valence-corrected chi connectivity index (χ1v) is 10.0. The van der Waals surface area contributed by atoms with Gasteiger partial charge in [0.25, 0.3) is 0 Å². The summed E-state index contributed by atoms with van der Waals surface area (Å²) in [6.45, 7) is 5.36. The van der Waals surface area contributed by atoms with Crippen LogP contribution in [-0.4, -0.2) is 40.5 Å². The molecule has 3 rings (SSSR count). The van der Waals surface area contributed by atoms with Crippen molar-refractivity contribution in [3.05, 3.63) is 46.1 Å². The average Bonchev–Trinajstić information content (AvgIpc) is 3.04. The van der Waals surface area contributed by atoms with Gasteiger partial charge in [-0.25, -0.2) is 9.48 Å². The Morgan fingerprint density at radius 1 is 1.28 bits per heavy atom. The Balaban J connectivity index is 0.00000300. The predicted molar refractivity (Wildman–Crippen MR) is 125 cm³/mol. The molecule has 9 heteroatoms. The smallest absolute Gasteiger partial charge is 0.345 e. The normalized spacial score (nSPS) is 13.4. The molecule has 2 heterocycles. The molecule has 0 unspecified atom stereocenters. The molecule has 0 bridgehead atoms. The quantitative estimate of drug-likeness (QED) is 0.244. The van der Waals surface area contributed by atoms with Gasteiger partial charge in [0, 0.05) is 45.2 Å². The van der Waals surface area contributed by atoms with E-state index < -0.39 is 0 Å². The molecule has 0 radical (unpaired) electrons. The monoisotopic (exact) mass is 514 g/mol. The van der Waals surface area contributed by atoms with Gasteiger partial charge in [-0.1, -0.05) is 18.2 Å². The zero-order chi connectivity index (χ0) is 19.8. The second-order valence-electron chi connectivity index (χ2n) is 6.78. The van der Waals surface area contributed by atoms with Crippen molar-refractivity contribution >= 4 is 29.9 Å². The first-order valence-electron chi connectivity index (χ1n) is 10.0. The average molecular weight is 514 g/mol. The van der Waals surface area contributed by atoms with E-state index in [2.05, 4.69) is 20.7 Å². The third-order valence-electron chi connectivity index (χ3n) is 4.81. The Bertz CT molecular complexity index is 861. The molecule has 0 spiro atoms. The number of benzene rings is 1. The standard InChI is InChI=1S/C20H30N6O2.HI/c1-3-28-17-10-5-4-9-16(17)15-23-19(21-2)22-12-8-14-26-20(27)25-13-7-6-11-18(25)24-26;/h4-5,9-10H,3,6-8,11-15H2,1-2H3,(H2,21,22,23);1H. The van der Waals surface area contributed by atoms with E-state index in [4.69, 9.17) is 4.74 Å². The van der Waals surface area contributed by atoms with Gasteiger partial charge < -0.3 is 15.4 Å². The number of nitrogens with one attached hydrogen (secondary N) is 2. The number of halogens is 1. The Hall–Kier alpha value is -2.04. The van der Waals surface area contributed by atoms with Gasteiger partial charge in [0.2, 0.25) is 0 Å². The minimum Gasteiger partial charge on any atom is -0.494 e. The van der Waals surface area contributed by atoms with Gasteiger partial charge in [-0.2, -0.15) is 5.10 Å². The number of rotatable bonds is 8. The van der Waals surface area contributed by atoms with Crippen molar-refractivity contribution in [2.45, 2.75) is 52.2 Å². The lowest BCUT2D eigenvalue weighted by atomic mass is 10.2. The number of nitrogens with zero attached hydrogens (tertiary/aromatic N) is 4. The van der Waals surface area contributed by atoms with E-state index >= 15 is 0 Å². The van der Waals surface area contributed by atoms with E-state index in [1.165, 1.54) is 0 Å². The molecule has 1 aromatic carbocycles. The molecule has 0 atom stereocenters. The van der Waals surface area contributed by atoms with Gasteiger partial charge in [0.15, 0.2) is 5.96 Å². The second-order valence-corrected chi connectivity index (χ2v) is 6.78. The van der Waals surface area contributed by atoms with Gasteiger partial charge in [-0.3, -0.25) is 9.56 Å². The van der Waals surface area contributed by atoms with Crippen LogP contribution in [0.15, 0.2) is 34.1 Å². The summed E-state index contributed by atoms with van der Waals surface area (Å²) in [5.74, 6) is 2.54. The van der Waals surface area contributed by atoms with Crippen LogP contribution in [0.3, 0.4) is 0 Å². The molecule has 2 N–H and O–H groups in total. The van der Waals surface area contributed by atoms with Crippen LogP contribution in [0.25, 0.3) is 0 Å². The first kappa shape index (κ1) is 23.2. The first-order chi connectivity index (χ1) is 13.7. The van der Waals surface area contributed by atoms with Crippen LogP contribution in [0, 0.1) is 0 Å². The fourth-order valence-electron chi connectivity index (χ4n) is 3.38. The topological polar surface area (TPSA) is 85.5 Å². The largest absolute Gasteiger partial charge is 0.494 e. The van der Waals surface area contributed by atoms with E-state index in [1.807, 2.05) is 35.8 Å². The number of aromatic nitrogens is 3. The van der Waals surface area contributed by atoms with E-state index in [9.17, 15) is 4.79 Å². The number of guanidine groups is 1. The highest BCUT2D eigenvalue weighted by atomic mass is 127. The van der Waals surface area contributed by atoms with Crippen molar-refractivity contribution in [2.75, 3.05) is 20.2 Å². The summed E-state index contributed by atoms with van der Waals surface area (Å²) in [4.78, 5) is 16.6. The van der Waals surface area contributed by atoms with Gasteiger partial charge >= 0.3 is 5.69 Å². The van der Waals surface area contributed by atoms with Crippen LogP contribution in [0.5, 0.6) is 5.75 Å².